The topological polar surface area (TPSA) is 51.2 Å². The quantitative estimate of drug-likeness (QED) is 0.741. The summed E-state index contributed by atoms with van der Waals surface area (Å²) in [7, 11) is 1.61. The largest absolute Gasteiger partial charge is 0.496 e. The van der Waals surface area contributed by atoms with Crippen molar-refractivity contribution in [1.82, 2.24) is 10.3 Å². The molecule has 4 nitrogen and oxygen atoms in total. The van der Waals surface area contributed by atoms with Gasteiger partial charge in [0, 0.05) is 17.5 Å². The van der Waals surface area contributed by atoms with Crippen LogP contribution in [0.2, 0.25) is 5.15 Å². The van der Waals surface area contributed by atoms with Crippen molar-refractivity contribution in [1.29, 1.82) is 0 Å². The lowest BCUT2D eigenvalue weighted by Gasteiger charge is -2.11. The van der Waals surface area contributed by atoms with Gasteiger partial charge in [0.05, 0.1) is 18.2 Å². The Hall–Kier alpha value is -2.59. The zero-order valence-corrected chi connectivity index (χ0v) is 13.3. The van der Waals surface area contributed by atoms with Gasteiger partial charge in [0.15, 0.2) is 0 Å². The van der Waals surface area contributed by atoms with Crippen molar-refractivity contribution >= 4 is 28.4 Å². The second-order valence-corrected chi connectivity index (χ2v) is 5.39. The molecule has 0 aliphatic rings. The molecule has 2 aromatic carbocycles. The van der Waals surface area contributed by atoms with Crippen LogP contribution in [0.1, 0.15) is 15.9 Å². The van der Waals surface area contributed by atoms with Gasteiger partial charge in [-0.15, -0.1) is 0 Å². The Bertz CT molecular complexity index is 865. The number of carbonyl (C=O) groups is 1. The molecule has 1 amide bonds. The van der Waals surface area contributed by atoms with Gasteiger partial charge in [-0.2, -0.15) is 0 Å². The number of methoxy groups -OCH3 is 1. The third-order valence-corrected chi connectivity index (χ3v) is 3.76. The fourth-order valence-corrected chi connectivity index (χ4v) is 2.65. The number of rotatable bonds is 4. The van der Waals surface area contributed by atoms with E-state index in [1.54, 1.807) is 13.2 Å². The number of benzene rings is 2. The smallest absolute Gasteiger partial charge is 0.252 e. The number of fused-ring (bicyclic) bond motifs is 1. The number of nitrogens with zero attached hydrogens (tertiary/aromatic N) is 1. The van der Waals surface area contributed by atoms with Gasteiger partial charge in [-0.3, -0.25) is 4.79 Å². The lowest BCUT2D eigenvalue weighted by Crippen LogP contribution is -2.23. The highest BCUT2D eigenvalue weighted by Gasteiger charge is 2.13. The fourth-order valence-electron chi connectivity index (χ4n) is 2.45. The minimum Gasteiger partial charge on any atom is -0.496 e. The first-order valence-electron chi connectivity index (χ1n) is 7.14. The van der Waals surface area contributed by atoms with Gasteiger partial charge in [-0.1, -0.05) is 48.0 Å². The van der Waals surface area contributed by atoms with Crippen LogP contribution in [0.3, 0.4) is 0 Å². The summed E-state index contributed by atoms with van der Waals surface area (Å²) in [6.45, 7) is 0.372. The minimum atomic E-state index is -0.198. The van der Waals surface area contributed by atoms with Gasteiger partial charge < -0.3 is 10.1 Å². The zero-order chi connectivity index (χ0) is 16.2. The van der Waals surface area contributed by atoms with E-state index >= 15 is 0 Å². The highest BCUT2D eigenvalue weighted by atomic mass is 35.5. The number of amides is 1. The van der Waals surface area contributed by atoms with E-state index < -0.39 is 0 Å². The van der Waals surface area contributed by atoms with E-state index in [1.807, 2.05) is 48.5 Å². The summed E-state index contributed by atoms with van der Waals surface area (Å²) in [5, 5.41) is 3.97. The minimum absolute atomic E-state index is 0.198. The Balaban J connectivity index is 1.87. The van der Waals surface area contributed by atoms with Crippen molar-refractivity contribution in [3.05, 3.63) is 70.9 Å². The van der Waals surface area contributed by atoms with Crippen LogP contribution in [-0.2, 0) is 6.54 Å². The lowest BCUT2D eigenvalue weighted by molar-refractivity contribution is 0.0952. The second kappa shape index (κ2) is 6.67. The van der Waals surface area contributed by atoms with Crippen LogP contribution in [-0.4, -0.2) is 18.0 Å². The fraction of sp³-hybridized carbons (Fsp3) is 0.111. The molecule has 0 unspecified atom stereocenters. The number of halogens is 1. The van der Waals surface area contributed by atoms with Gasteiger partial charge in [-0.25, -0.2) is 4.98 Å². The van der Waals surface area contributed by atoms with Crippen LogP contribution >= 0.6 is 11.6 Å². The number of hydrogen-bond acceptors (Lipinski definition) is 3. The molecule has 0 aliphatic carbocycles. The summed E-state index contributed by atoms with van der Waals surface area (Å²) in [6, 6.07) is 16.6. The number of pyridine rings is 1. The molecule has 0 spiro atoms. The first-order valence-corrected chi connectivity index (χ1v) is 7.52. The molecular weight excluding hydrogens is 312 g/mol. The Morgan fingerprint density at radius 1 is 1.17 bits per heavy atom. The van der Waals surface area contributed by atoms with Crippen molar-refractivity contribution in [2.75, 3.05) is 7.11 Å². The Morgan fingerprint density at radius 3 is 2.74 bits per heavy atom. The van der Waals surface area contributed by atoms with Gasteiger partial charge >= 0.3 is 0 Å². The molecule has 3 aromatic rings. The highest BCUT2D eigenvalue weighted by molar-refractivity contribution is 6.30. The van der Waals surface area contributed by atoms with Crippen LogP contribution in [0.5, 0.6) is 5.75 Å². The number of hydrogen-bond donors (Lipinski definition) is 1. The molecular formula is C18H15ClN2O2. The summed E-state index contributed by atoms with van der Waals surface area (Å²) in [4.78, 5) is 16.8. The molecule has 1 N–H and O–H groups in total. The number of para-hydroxylation sites is 2. The monoisotopic (exact) mass is 326 g/mol. The number of ether oxygens (including phenoxy) is 1. The van der Waals surface area contributed by atoms with Crippen LogP contribution in [0.4, 0.5) is 0 Å². The molecule has 1 aromatic heterocycles. The van der Waals surface area contributed by atoms with Crippen LogP contribution < -0.4 is 10.1 Å². The Kier molecular flexibility index (Phi) is 4.44. The summed E-state index contributed by atoms with van der Waals surface area (Å²) >= 11 is 6.02. The summed E-state index contributed by atoms with van der Waals surface area (Å²) in [6.07, 6.45) is 0. The second-order valence-electron chi connectivity index (χ2n) is 5.00. The van der Waals surface area contributed by atoms with Crippen molar-refractivity contribution in [3.8, 4) is 5.75 Å². The first kappa shape index (κ1) is 15.3. The molecule has 0 atom stereocenters. The average molecular weight is 327 g/mol. The van der Waals surface area contributed by atoms with E-state index in [1.165, 1.54) is 0 Å². The van der Waals surface area contributed by atoms with Crippen LogP contribution in [0.15, 0.2) is 54.6 Å². The molecule has 5 heteroatoms. The lowest BCUT2D eigenvalue weighted by atomic mass is 10.1. The van der Waals surface area contributed by atoms with Crippen molar-refractivity contribution in [2.45, 2.75) is 6.54 Å². The molecule has 0 bridgehead atoms. The summed E-state index contributed by atoms with van der Waals surface area (Å²) in [5.74, 6) is 0.543. The van der Waals surface area contributed by atoms with E-state index in [9.17, 15) is 4.79 Å². The van der Waals surface area contributed by atoms with Crippen molar-refractivity contribution in [2.24, 2.45) is 0 Å². The number of aromatic nitrogens is 1. The van der Waals surface area contributed by atoms with Crippen molar-refractivity contribution in [3.63, 3.8) is 0 Å². The SMILES string of the molecule is COc1ccccc1CNC(=O)c1cc(Cl)nc2ccccc12. The highest BCUT2D eigenvalue weighted by Crippen LogP contribution is 2.21. The molecule has 1 heterocycles. The third kappa shape index (κ3) is 3.27. The molecule has 0 radical (unpaired) electrons. The van der Waals surface area contributed by atoms with Gasteiger partial charge in [-0.05, 0) is 18.2 Å². The van der Waals surface area contributed by atoms with E-state index in [0.29, 0.717) is 22.8 Å². The van der Waals surface area contributed by atoms with E-state index in [2.05, 4.69) is 10.3 Å². The first-order chi connectivity index (χ1) is 11.2. The van der Waals surface area contributed by atoms with Gasteiger partial charge in [0.25, 0.3) is 5.91 Å². The van der Waals surface area contributed by atoms with Crippen molar-refractivity contribution < 1.29 is 9.53 Å². The van der Waals surface area contributed by atoms with E-state index in [0.717, 1.165) is 16.7 Å². The third-order valence-electron chi connectivity index (χ3n) is 3.56. The van der Waals surface area contributed by atoms with Crippen LogP contribution in [0.25, 0.3) is 10.9 Å². The zero-order valence-electron chi connectivity index (χ0n) is 12.5. The molecule has 3 rings (SSSR count). The molecule has 0 fully saturated rings. The van der Waals surface area contributed by atoms with E-state index in [-0.39, 0.29) is 5.91 Å². The molecule has 0 saturated carbocycles. The maximum absolute atomic E-state index is 12.5. The van der Waals surface area contributed by atoms with Gasteiger partial charge in [0.2, 0.25) is 0 Å². The number of nitrogens with one attached hydrogen (secondary N) is 1. The normalized spacial score (nSPS) is 10.5. The van der Waals surface area contributed by atoms with Gasteiger partial charge in [0.1, 0.15) is 10.9 Å². The molecule has 0 saturated heterocycles. The maximum Gasteiger partial charge on any atom is 0.252 e. The Labute approximate surface area is 139 Å². The van der Waals surface area contributed by atoms with Crippen LogP contribution in [0, 0.1) is 0 Å². The molecule has 116 valence electrons. The van der Waals surface area contributed by atoms with E-state index in [4.69, 9.17) is 16.3 Å². The summed E-state index contributed by atoms with van der Waals surface area (Å²) in [5.41, 5.74) is 2.12. The molecule has 0 aliphatic heterocycles. The Morgan fingerprint density at radius 2 is 1.91 bits per heavy atom. The maximum atomic E-state index is 12.5. The average Bonchev–Trinajstić information content (AvgIpc) is 2.59. The standard InChI is InChI=1S/C18H15ClN2O2/c1-23-16-9-5-2-6-12(16)11-20-18(22)14-10-17(19)21-15-8-4-3-7-13(14)15/h2-10H,11H2,1H3,(H,20,22). The number of carbonyl (C=O) groups excluding carboxylic acids is 1. The molecule has 23 heavy (non-hydrogen) atoms. The predicted octanol–water partition coefficient (Wildman–Crippen LogP) is 3.83. The summed E-state index contributed by atoms with van der Waals surface area (Å²) < 4.78 is 5.29. The predicted molar refractivity (Wildman–Crippen MR) is 90.9 cm³/mol.